The normalized spacial score (nSPS) is 11.2. The van der Waals surface area contributed by atoms with Gasteiger partial charge in [-0.3, -0.25) is 4.72 Å². The Hall–Kier alpha value is -2.46. The maximum Gasteiger partial charge on any atom is 0.266 e. The molecular formula is C14H12BrN5O3S. The predicted molar refractivity (Wildman–Crippen MR) is 90.7 cm³/mol. The van der Waals surface area contributed by atoms with Gasteiger partial charge in [0.05, 0.1) is 7.11 Å². The molecule has 0 bridgehead atoms. The second-order valence-electron chi connectivity index (χ2n) is 4.61. The van der Waals surface area contributed by atoms with Gasteiger partial charge in [0, 0.05) is 22.9 Å². The number of nitrogens with one attached hydrogen (secondary N) is 1. The molecule has 124 valence electrons. The molecule has 0 spiro atoms. The lowest BCUT2D eigenvalue weighted by atomic mass is 10.3. The summed E-state index contributed by atoms with van der Waals surface area (Å²) >= 11 is 3.26. The zero-order chi connectivity index (χ0) is 17.2. The summed E-state index contributed by atoms with van der Waals surface area (Å²) in [6.45, 7) is 0. The summed E-state index contributed by atoms with van der Waals surface area (Å²) in [5.41, 5.74) is 0. The van der Waals surface area contributed by atoms with Crippen LogP contribution in [0.2, 0.25) is 0 Å². The highest BCUT2D eigenvalue weighted by Gasteiger charge is 2.21. The topological polar surface area (TPSA) is 99.0 Å². The molecule has 10 heteroatoms. The van der Waals surface area contributed by atoms with Gasteiger partial charge in [0.1, 0.15) is 22.8 Å². The zero-order valence-corrected chi connectivity index (χ0v) is 14.8. The molecule has 0 fully saturated rings. The Bertz CT molecular complexity index is 960. The first-order valence-corrected chi connectivity index (χ1v) is 8.95. The molecule has 1 N–H and O–H groups in total. The van der Waals surface area contributed by atoms with E-state index in [1.807, 2.05) is 0 Å². The van der Waals surface area contributed by atoms with Crippen molar-refractivity contribution in [3.8, 4) is 11.6 Å². The van der Waals surface area contributed by atoms with Crippen LogP contribution in [0.3, 0.4) is 0 Å². The van der Waals surface area contributed by atoms with Crippen molar-refractivity contribution in [2.45, 2.75) is 4.90 Å². The fourth-order valence-electron chi connectivity index (χ4n) is 1.99. The maximum absolute atomic E-state index is 12.6. The van der Waals surface area contributed by atoms with Crippen LogP contribution in [0.1, 0.15) is 0 Å². The molecule has 0 atom stereocenters. The highest BCUT2D eigenvalue weighted by molar-refractivity contribution is 9.10. The van der Waals surface area contributed by atoms with Crippen molar-refractivity contribution >= 4 is 31.8 Å². The Morgan fingerprint density at radius 1 is 1.25 bits per heavy atom. The van der Waals surface area contributed by atoms with Crippen molar-refractivity contribution in [3.63, 3.8) is 0 Å². The van der Waals surface area contributed by atoms with Gasteiger partial charge < -0.3 is 4.74 Å². The van der Waals surface area contributed by atoms with E-state index in [1.165, 1.54) is 30.3 Å². The van der Waals surface area contributed by atoms with Crippen molar-refractivity contribution < 1.29 is 13.2 Å². The van der Waals surface area contributed by atoms with E-state index in [9.17, 15) is 8.42 Å². The minimum atomic E-state index is -3.89. The number of anilines is 1. The smallest absolute Gasteiger partial charge is 0.266 e. The number of rotatable bonds is 5. The summed E-state index contributed by atoms with van der Waals surface area (Å²) in [6, 6.07) is 7.93. The van der Waals surface area contributed by atoms with Crippen LogP contribution in [-0.2, 0) is 10.0 Å². The van der Waals surface area contributed by atoms with Gasteiger partial charge in [0.25, 0.3) is 10.0 Å². The van der Waals surface area contributed by atoms with Crippen molar-refractivity contribution in [2.24, 2.45) is 0 Å². The van der Waals surface area contributed by atoms with Gasteiger partial charge in [-0.25, -0.2) is 23.1 Å². The first-order valence-electron chi connectivity index (χ1n) is 6.68. The Morgan fingerprint density at radius 2 is 2.08 bits per heavy atom. The molecule has 0 aliphatic rings. The van der Waals surface area contributed by atoms with Crippen molar-refractivity contribution in [1.29, 1.82) is 0 Å². The monoisotopic (exact) mass is 409 g/mol. The van der Waals surface area contributed by atoms with Crippen molar-refractivity contribution in [2.75, 3.05) is 11.8 Å². The predicted octanol–water partition coefficient (Wildman–Crippen LogP) is 2.23. The molecule has 0 aliphatic heterocycles. The number of benzene rings is 1. The van der Waals surface area contributed by atoms with Crippen LogP contribution in [0.15, 0.2) is 58.4 Å². The SMILES string of the molecule is COc1ccc(Br)cc1S(=O)(=O)Nc1cc(-n2cccn2)ncn1. The minimum absolute atomic E-state index is 0.00127. The molecule has 2 heterocycles. The van der Waals surface area contributed by atoms with Crippen molar-refractivity contribution in [3.05, 3.63) is 53.5 Å². The van der Waals surface area contributed by atoms with Crippen LogP contribution >= 0.6 is 15.9 Å². The van der Waals surface area contributed by atoms with Gasteiger partial charge in [0.2, 0.25) is 0 Å². The van der Waals surface area contributed by atoms with Gasteiger partial charge >= 0.3 is 0 Å². The first kappa shape index (κ1) is 16.4. The van der Waals surface area contributed by atoms with Crippen LogP contribution in [0.4, 0.5) is 5.82 Å². The number of halogens is 1. The molecule has 3 aromatic rings. The fourth-order valence-corrected chi connectivity index (χ4v) is 3.69. The molecule has 0 saturated carbocycles. The molecule has 0 aliphatic carbocycles. The molecule has 0 saturated heterocycles. The minimum Gasteiger partial charge on any atom is -0.495 e. The summed E-state index contributed by atoms with van der Waals surface area (Å²) < 4.78 is 34.9. The van der Waals surface area contributed by atoms with E-state index in [0.717, 1.165) is 0 Å². The van der Waals surface area contributed by atoms with E-state index in [4.69, 9.17) is 4.74 Å². The summed E-state index contributed by atoms with van der Waals surface area (Å²) in [6.07, 6.45) is 4.54. The quantitative estimate of drug-likeness (QED) is 0.693. The van der Waals surface area contributed by atoms with E-state index >= 15 is 0 Å². The maximum atomic E-state index is 12.6. The van der Waals surface area contributed by atoms with E-state index in [2.05, 4.69) is 35.7 Å². The number of aromatic nitrogens is 4. The lowest BCUT2D eigenvalue weighted by Gasteiger charge is -2.12. The Morgan fingerprint density at radius 3 is 2.79 bits per heavy atom. The second-order valence-corrected chi connectivity index (χ2v) is 7.18. The zero-order valence-electron chi connectivity index (χ0n) is 12.4. The van der Waals surface area contributed by atoms with Crippen LogP contribution in [-0.4, -0.2) is 35.3 Å². The molecule has 1 aromatic carbocycles. The average Bonchev–Trinajstić information content (AvgIpc) is 3.09. The van der Waals surface area contributed by atoms with Gasteiger partial charge in [-0.15, -0.1) is 0 Å². The van der Waals surface area contributed by atoms with Crippen molar-refractivity contribution in [1.82, 2.24) is 19.7 Å². The van der Waals surface area contributed by atoms with E-state index in [-0.39, 0.29) is 16.5 Å². The lowest BCUT2D eigenvalue weighted by molar-refractivity contribution is 0.403. The number of hydrogen-bond donors (Lipinski definition) is 1. The van der Waals surface area contributed by atoms with Gasteiger partial charge in [-0.2, -0.15) is 5.10 Å². The highest BCUT2D eigenvalue weighted by atomic mass is 79.9. The molecular weight excluding hydrogens is 398 g/mol. The molecule has 3 rings (SSSR count). The van der Waals surface area contributed by atoms with E-state index in [0.29, 0.717) is 10.3 Å². The Kier molecular flexibility index (Phi) is 4.49. The summed E-state index contributed by atoms with van der Waals surface area (Å²) in [4.78, 5) is 8.00. The fraction of sp³-hybridized carbons (Fsp3) is 0.0714. The van der Waals surface area contributed by atoms with E-state index in [1.54, 1.807) is 30.6 Å². The number of ether oxygens (including phenoxy) is 1. The third-order valence-corrected chi connectivity index (χ3v) is 4.92. The molecule has 0 amide bonds. The number of sulfonamides is 1. The van der Waals surface area contributed by atoms with Gasteiger partial charge in [0.15, 0.2) is 5.82 Å². The summed E-state index contributed by atoms with van der Waals surface area (Å²) in [5.74, 6) is 0.790. The van der Waals surface area contributed by atoms with Crippen LogP contribution in [0, 0.1) is 0 Å². The standard InChI is InChI=1S/C14H12BrN5O3S/c1-23-11-4-3-10(15)7-12(11)24(21,22)19-13-8-14(17-9-16-13)20-6-2-5-18-20/h2-9H,1H3,(H,16,17,19). The number of nitrogens with zero attached hydrogens (tertiary/aromatic N) is 4. The summed E-state index contributed by atoms with van der Waals surface area (Å²) in [7, 11) is -2.48. The third kappa shape index (κ3) is 3.39. The molecule has 0 radical (unpaired) electrons. The average molecular weight is 410 g/mol. The molecule has 24 heavy (non-hydrogen) atoms. The highest BCUT2D eigenvalue weighted by Crippen LogP contribution is 2.28. The molecule has 8 nitrogen and oxygen atoms in total. The van der Waals surface area contributed by atoms with Crippen LogP contribution in [0.25, 0.3) is 5.82 Å². The van der Waals surface area contributed by atoms with E-state index < -0.39 is 10.0 Å². The lowest BCUT2D eigenvalue weighted by Crippen LogP contribution is -2.15. The first-order chi connectivity index (χ1) is 11.5. The summed E-state index contributed by atoms with van der Waals surface area (Å²) in [5, 5.41) is 4.04. The van der Waals surface area contributed by atoms with Gasteiger partial charge in [-0.05, 0) is 24.3 Å². The van der Waals surface area contributed by atoms with Crippen LogP contribution < -0.4 is 9.46 Å². The molecule has 2 aromatic heterocycles. The second kappa shape index (κ2) is 6.57. The number of hydrogen-bond acceptors (Lipinski definition) is 6. The van der Waals surface area contributed by atoms with Gasteiger partial charge in [-0.1, -0.05) is 15.9 Å². The Balaban J connectivity index is 1.96. The number of methoxy groups -OCH3 is 1. The largest absolute Gasteiger partial charge is 0.495 e. The Labute approximate surface area is 146 Å². The molecule has 0 unspecified atom stereocenters. The third-order valence-electron chi connectivity index (χ3n) is 3.05. The van der Waals surface area contributed by atoms with Crippen LogP contribution in [0.5, 0.6) is 5.75 Å².